The molecule has 1 fully saturated rings. The maximum absolute atomic E-state index is 11.9. The second kappa shape index (κ2) is 5.46. The highest BCUT2D eigenvalue weighted by molar-refractivity contribution is 7.80. The van der Waals surface area contributed by atoms with Gasteiger partial charge in [0.25, 0.3) is 5.91 Å². The molecule has 0 spiro atoms. The average molecular weight is 264 g/mol. The molecule has 4 nitrogen and oxygen atoms in total. The highest BCUT2D eigenvalue weighted by Gasteiger charge is 2.32. The van der Waals surface area contributed by atoms with Crippen molar-refractivity contribution in [3.05, 3.63) is 35.4 Å². The number of rotatable bonds is 4. The quantitative estimate of drug-likeness (QED) is 0.836. The molecule has 2 rings (SSSR count). The van der Waals surface area contributed by atoms with Crippen molar-refractivity contribution in [2.24, 2.45) is 0 Å². The summed E-state index contributed by atoms with van der Waals surface area (Å²) < 4.78 is 5.16. The molecule has 0 bridgehead atoms. The van der Waals surface area contributed by atoms with E-state index in [1.807, 2.05) is 31.2 Å². The van der Waals surface area contributed by atoms with Gasteiger partial charge in [0.05, 0.1) is 13.2 Å². The zero-order valence-electron chi connectivity index (χ0n) is 10.5. The third-order valence-electron chi connectivity index (χ3n) is 2.97. The minimum Gasteiger partial charge on any atom is -0.380 e. The predicted octanol–water partition coefficient (Wildman–Crippen LogP) is 1.44. The third-order valence-corrected chi connectivity index (χ3v) is 3.31. The lowest BCUT2D eigenvalue weighted by Crippen LogP contribution is -2.30. The number of hydrogen-bond acceptors (Lipinski definition) is 3. The molecule has 1 aliphatic rings. The van der Waals surface area contributed by atoms with Crippen LogP contribution in [-0.2, 0) is 22.7 Å². The fourth-order valence-electron chi connectivity index (χ4n) is 1.99. The van der Waals surface area contributed by atoms with Crippen LogP contribution in [0.2, 0.25) is 0 Å². The van der Waals surface area contributed by atoms with E-state index >= 15 is 0 Å². The fourth-order valence-corrected chi connectivity index (χ4v) is 2.32. The number of carbonyl (C=O) groups is 1. The summed E-state index contributed by atoms with van der Waals surface area (Å²) in [6, 6.07) is 7.68. The van der Waals surface area contributed by atoms with Gasteiger partial charge in [-0.1, -0.05) is 24.3 Å². The zero-order valence-corrected chi connectivity index (χ0v) is 11.3. The summed E-state index contributed by atoms with van der Waals surface area (Å²) in [5, 5.41) is 3.46. The molecular weight excluding hydrogens is 248 g/mol. The van der Waals surface area contributed by atoms with Crippen molar-refractivity contribution in [1.29, 1.82) is 0 Å². The predicted molar refractivity (Wildman–Crippen MR) is 72.9 cm³/mol. The van der Waals surface area contributed by atoms with Gasteiger partial charge >= 0.3 is 0 Å². The van der Waals surface area contributed by atoms with Crippen LogP contribution in [0.5, 0.6) is 0 Å². The van der Waals surface area contributed by atoms with E-state index in [2.05, 4.69) is 5.32 Å². The Morgan fingerprint density at radius 1 is 1.39 bits per heavy atom. The number of nitrogens with one attached hydrogen (secondary N) is 1. The summed E-state index contributed by atoms with van der Waals surface area (Å²) in [7, 11) is 1.66. The van der Waals surface area contributed by atoms with Gasteiger partial charge in [-0.25, -0.2) is 0 Å². The van der Waals surface area contributed by atoms with Crippen molar-refractivity contribution in [3.63, 3.8) is 0 Å². The Balaban J connectivity index is 2.19. The number of nitrogens with zero attached hydrogens (tertiary/aromatic N) is 1. The molecule has 1 aromatic carbocycles. The normalized spacial score (nSPS) is 19.2. The van der Waals surface area contributed by atoms with Gasteiger partial charge in [0.2, 0.25) is 0 Å². The molecule has 1 atom stereocenters. The number of carbonyl (C=O) groups excluding carboxylic acids is 1. The van der Waals surface area contributed by atoms with E-state index in [1.54, 1.807) is 12.0 Å². The number of methoxy groups -OCH3 is 1. The van der Waals surface area contributed by atoms with Gasteiger partial charge in [-0.3, -0.25) is 9.69 Å². The second-order valence-corrected chi connectivity index (χ2v) is 4.68. The van der Waals surface area contributed by atoms with E-state index in [9.17, 15) is 4.79 Å². The molecule has 0 radical (unpaired) electrons. The van der Waals surface area contributed by atoms with Gasteiger partial charge in [-0.15, -0.1) is 0 Å². The van der Waals surface area contributed by atoms with Crippen molar-refractivity contribution in [2.45, 2.75) is 26.1 Å². The van der Waals surface area contributed by atoms with E-state index in [4.69, 9.17) is 17.0 Å². The van der Waals surface area contributed by atoms with Crippen LogP contribution >= 0.6 is 12.2 Å². The third kappa shape index (κ3) is 2.52. The van der Waals surface area contributed by atoms with E-state index in [0.717, 1.165) is 11.1 Å². The van der Waals surface area contributed by atoms with Gasteiger partial charge in [0.15, 0.2) is 5.11 Å². The molecule has 18 heavy (non-hydrogen) atoms. The van der Waals surface area contributed by atoms with E-state index in [1.165, 1.54) is 0 Å². The molecule has 0 unspecified atom stereocenters. The van der Waals surface area contributed by atoms with Crippen LogP contribution in [-0.4, -0.2) is 29.1 Å². The maximum atomic E-state index is 11.9. The summed E-state index contributed by atoms with van der Waals surface area (Å²) in [5.41, 5.74) is 2.14. The van der Waals surface area contributed by atoms with E-state index < -0.39 is 0 Å². The Labute approximate surface area is 112 Å². The Morgan fingerprint density at radius 2 is 2.06 bits per heavy atom. The topological polar surface area (TPSA) is 41.6 Å². The van der Waals surface area contributed by atoms with Crippen molar-refractivity contribution in [3.8, 4) is 0 Å². The molecule has 0 aromatic heterocycles. The fraction of sp³-hybridized carbons (Fsp3) is 0.385. The lowest BCUT2D eigenvalue weighted by atomic mass is 10.1. The van der Waals surface area contributed by atoms with Gasteiger partial charge in [0.1, 0.15) is 6.04 Å². The molecule has 1 N–H and O–H groups in total. The van der Waals surface area contributed by atoms with E-state index in [0.29, 0.717) is 18.3 Å². The largest absolute Gasteiger partial charge is 0.380 e. The lowest BCUT2D eigenvalue weighted by molar-refractivity contribution is -0.127. The van der Waals surface area contributed by atoms with Crippen LogP contribution in [0.3, 0.4) is 0 Å². The van der Waals surface area contributed by atoms with Gasteiger partial charge < -0.3 is 10.1 Å². The monoisotopic (exact) mass is 264 g/mol. The van der Waals surface area contributed by atoms with Crippen molar-refractivity contribution in [2.75, 3.05) is 7.11 Å². The Bertz CT molecular complexity index is 476. The van der Waals surface area contributed by atoms with Crippen LogP contribution in [0.4, 0.5) is 0 Å². The molecule has 1 heterocycles. The van der Waals surface area contributed by atoms with Crippen LogP contribution in [0.25, 0.3) is 0 Å². The Hall–Kier alpha value is -1.46. The average Bonchev–Trinajstić information content (AvgIpc) is 2.59. The second-order valence-electron chi connectivity index (χ2n) is 4.30. The smallest absolute Gasteiger partial charge is 0.251 e. The summed E-state index contributed by atoms with van der Waals surface area (Å²) in [6.45, 7) is 2.85. The standard InChI is InChI=1S/C13H16N2O2S/c1-9-12(16)15(13(18)14-9)7-10-5-3-4-6-11(10)8-17-2/h3-6,9H,7-8H2,1-2H3,(H,14,18)/t9-/m0/s1. The lowest BCUT2D eigenvalue weighted by Gasteiger charge is -2.17. The van der Waals surface area contributed by atoms with Gasteiger partial charge in [-0.05, 0) is 30.3 Å². The molecule has 5 heteroatoms. The number of ether oxygens (including phenoxy) is 1. The van der Waals surface area contributed by atoms with Gasteiger partial charge in [-0.2, -0.15) is 0 Å². The SMILES string of the molecule is COCc1ccccc1CN1C(=O)[C@H](C)NC1=S. The van der Waals surface area contributed by atoms with Crippen LogP contribution in [0.15, 0.2) is 24.3 Å². The zero-order chi connectivity index (χ0) is 13.1. The minimum atomic E-state index is -0.230. The summed E-state index contributed by atoms with van der Waals surface area (Å²) in [5.74, 6) is 0.0206. The first kappa shape index (κ1) is 13.0. The molecule has 1 amide bonds. The number of benzene rings is 1. The first-order chi connectivity index (χ1) is 8.63. The van der Waals surface area contributed by atoms with Gasteiger partial charge in [0, 0.05) is 7.11 Å². The minimum absolute atomic E-state index is 0.0206. The molecule has 0 aliphatic carbocycles. The number of thiocarbonyl (C=S) groups is 1. The number of amides is 1. The van der Waals surface area contributed by atoms with E-state index in [-0.39, 0.29) is 11.9 Å². The Kier molecular flexibility index (Phi) is 3.93. The van der Waals surface area contributed by atoms with Crippen molar-refractivity contribution in [1.82, 2.24) is 10.2 Å². The molecule has 96 valence electrons. The molecule has 1 aliphatic heterocycles. The summed E-state index contributed by atoms with van der Waals surface area (Å²) in [4.78, 5) is 13.5. The first-order valence-corrected chi connectivity index (χ1v) is 6.22. The highest BCUT2D eigenvalue weighted by atomic mass is 32.1. The first-order valence-electron chi connectivity index (χ1n) is 5.81. The highest BCUT2D eigenvalue weighted by Crippen LogP contribution is 2.16. The number of hydrogen-bond donors (Lipinski definition) is 1. The molecule has 1 aromatic rings. The molecule has 0 saturated carbocycles. The summed E-state index contributed by atoms with van der Waals surface area (Å²) >= 11 is 5.16. The van der Waals surface area contributed by atoms with Crippen LogP contribution < -0.4 is 5.32 Å². The molecular formula is C13H16N2O2S. The Morgan fingerprint density at radius 3 is 2.61 bits per heavy atom. The van der Waals surface area contributed by atoms with Crippen LogP contribution in [0.1, 0.15) is 18.1 Å². The van der Waals surface area contributed by atoms with Crippen LogP contribution in [0, 0.1) is 0 Å². The summed E-state index contributed by atoms with van der Waals surface area (Å²) in [6.07, 6.45) is 0. The molecule has 1 saturated heterocycles. The maximum Gasteiger partial charge on any atom is 0.251 e. The van der Waals surface area contributed by atoms with Crippen molar-refractivity contribution < 1.29 is 9.53 Å². The van der Waals surface area contributed by atoms with Crippen molar-refractivity contribution >= 4 is 23.2 Å².